The van der Waals surface area contributed by atoms with E-state index in [1.807, 2.05) is 30.3 Å². The molecule has 2 fully saturated rings. The highest BCUT2D eigenvalue weighted by Gasteiger charge is 2.53. The standard InChI is InChI=1S/C28H37NO3/c1-19-12-15-27(2)14-8-7-11-24(27)28(19,3)18-21-25(31)22(17-23(30)26(21)32)29-16-13-20-9-5-4-6-10-20/h4-6,9-10,17,19,24,29,32H,7-8,11-16,18H2,1-3H3. The van der Waals surface area contributed by atoms with Crippen LogP contribution in [0.1, 0.15) is 71.3 Å². The van der Waals surface area contributed by atoms with Gasteiger partial charge in [-0.15, -0.1) is 0 Å². The molecular formula is C28H37NO3. The molecule has 172 valence electrons. The molecule has 4 heteroatoms. The average Bonchev–Trinajstić information content (AvgIpc) is 2.78. The molecule has 0 spiro atoms. The van der Waals surface area contributed by atoms with E-state index in [9.17, 15) is 14.7 Å². The number of ketones is 2. The minimum absolute atomic E-state index is 0.0981. The van der Waals surface area contributed by atoms with Crippen LogP contribution in [0, 0.1) is 22.7 Å². The molecule has 3 aliphatic carbocycles. The molecule has 2 saturated carbocycles. The monoisotopic (exact) mass is 435 g/mol. The van der Waals surface area contributed by atoms with Gasteiger partial charge in [0.15, 0.2) is 5.76 Å². The topological polar surface area (TPSA) is 66.4 Å². The van der Waals surface area contributed by atoms with Crippen molar-refractivity contribution in [2.75, 3.05) is 6.54 Å². The van der Waals surface area contributed by atoms with E-state index in [1.54, 1.807) is 0 Å². The number of rotatable bonds is 6. The summed E-state index contributed by atoms with van der Waals surface area (Å²) in [6, 6.07) is 10.1. The minimum Gasteiger partial charge on any atom is -0.504 e. The summed E-state index contributed by atoms with van der Waals surface area (Å²) in [5.74, 6) is -0.0644. The lowest BCUT2D eigenvalue weighted by molar-refractivity contribution is -0.119. The van der Waals surface area contributed by atoms with Crippen LogP contribution in [-0.4, -0.2) is 23.2 Å². The SMILES string of the molecule is CC1CCC2(C)CCCCC2C1(C)CC1=C(O)C(=O)C=C(NCCc2ccccc2)C1=O. The third-order valence-corrected chi connectivity index (χ3v) is 8.85. The summed E-state index contributed by atoms with van der Waals surface area (Å²) in [5, 5.41) is 13.8. The molecule has 32 heavy (non-hydrogen) atoms. The number of aliphatic hydroxyl groups is 1. The van der Waals surface area contributed by atoms with Gasteiger partial charge in [0, 0.05) is 18.2 Å². The lowest BCUT2D eigenvalue weighted by atomic mass is 9.47. The van der Waals surface area contributed by atoms with Crippen molar-refractivity contribution in [3.05, 3.63) is 59.0 Å². The smallest absolute Gasteiger partial charge is 0.222 e. The van der Waals surface area contributed by atoms with Crippen LogP contribution >= 0.6 is 0 Å². The summed E-state index contributed by atoms with van der Waals surface area (Å²) in [5.41, 5.74) is 2.00. The third-order valence-electron chi connectivity index (χ3n) is 8.85. The molecule has 0 radical (unpaired) electrons. The molecule has 4 nitrogen and oxygen atoms in total. The minimum atomic E-state index is -0.458. The molecule has 0 saturated heterocycles. The Bertz CT molecular complexity index is 947. The zero-order chi connectivity index (χ0) is 22.9. The number of hydrogen-bond acceptors (Lipinski definition) is 4. The number of Topliss-reactive ketones (excluding diaryl/α,β-unsaturated/α-hetero) is 1. The lowest BCUT2D eigenvalue weighted by Crippen LogP contribution is -2.50. The second-order valence-corrected chi connectivity index (χ2v) is 10.8. The van der Waals surface area contributed by atoms with E-state index in [-0.39, 0.29) is 17.0 Å². The number of carbonyl (C=O) groups is 2. The first kappa shape index (κ1) is 22.8. The molecule has 3 aliphatic rings. The van der Waals surface area contributed by atoms with Gasteiger partial charge in [-0.1, -0.05) is 63.9 Å². The summed E-state index contributed by atoms with van der Waals surface area (Å²) in [4.78, 5) is 26.0. The Morgan fingerprint density at radius 1 is 1.06 bits per heavy atom. The maximum absolute atomic E-state index is 13.4. The lowest BCUT2D eigenvalue weighted by Gasteiger charge is -2.58. The third kappa shape index (κ3) is 4.16. The van der Waals surface area contributed by atoms with E-state index in [0.29, 0.717) is 41.5 Å². The van der Waals surface area contributed by atoms with Gasteiger partial charge in [0.2, 0.25) is 11.6 Å². The summed E-state index contributed by atoms with van der Waals surface area (Å²) in [6.07, 6.45) is 9.80. The Labute approximate surface area is 192 Å². The van der Waals surface area contributed by atoms with Crippen LogP contribution in [0.5, 0.6) is 0 Å². The average molecular weight is 436 g/mol. The highest BCUT2D eigenvalue weighted by atomic mass is 16.3. The van der Waals surface area contributed by atoms with Crippen molar-refractivity contribution in [3.63, 3.8) is 0 Å². The van der Waals surface area contributed by atoms with Crippen LogP contribution in [0.2, 0.25) is 0 Å². The number of aliphatic hydroxyl groups excluding tert-OH is 1. The summed E-state index contributed by atoms with van der Waals surface area (Å²) in [6.45, 7) is 7.57. The van der Waals surface area contributed by atoms with E-state index < -0.39 is 5.78 Å². The van der Waals surface area contributed by atoms with Crippen LogP contribution in [0.3, 0.4) is 0 Å². The maximum Gasteiger partial charge on any atom is 0.222 e. The Kier molecular flexibility index (Phi) is 6.33. The van der Waals surface area contributed by atoms with Gasteiger partial charge in [-0.3, -0.25) is 9.59 Å². The van der Waals surface area contributed by atoms with Crippen molar-refractivity contribution in [2.24, 2.45) is 22.7 Å². The highest BCUT2D eigenvalue weighted by Crippen LogP contribution is 2.61. The second kappa shape index (κ2) is 8.88. The zero-order valence-electron chi connectivity index (χ0n) is 19.7. The first-order valence-corrected chi connectivity index (χ1v) is 12.3. The number of allylic oxidation sites excluding steroid dienone is 2. The first-order chi connectivity index (χ1) is 15.2. The Hall–Kier alpha value is -2.36. The number of fused-ring (bicyclic) bond motifs is 1. The van der Waals surface area contributed by atoms with E-state index in [1.165, 1.54) is 43.7 Å². The van der Waals surface area contributed by atoms with E-state index in [0.717, 1.165) is 12.8 Å². The molecule has 0 aliphatic heterocycles. The summed E-state index contributed by atoms with van der Waals surface area (Å²) >= 11 is 0. The van der Waals surface area contributed by atoms with Crippen molar-refractivity contribution in [2.45, 2.75) is 72.1 Å². The fourth-order valence-corrected chi connectivity index (χ4v) is 6.69. The van der Waals surface area contributed by atoms with Crippen molar-refractivity contribution < 1.29 is 14.7 Å². The summed E-state index contributed by atoms with van der Waals surface area (Å²) in [7, 11) is 0. The molecule has 2 N–H and O–H groups in total. The Morgan fingerprint density at radius 2 is 1.81 bits per heavy atom. The van der Waals surface area contributed by atoms with Crippen LogP contribution < -0.4 is 5.32 Å². The van der Waals surface area contributed by atoms with Crippen LogP contribution in [0.4, 0.5) is 0 Å². The number of hydrogen-bond donors (Lipinski definition) is 2. The molecule has 0 heterocycles. The molecule has 0 amide bonds. The van der Waals surface area contributed by atoms with Gasteiger partial charge in [-0.2, -0.15) is 0 Å². The predicted molar refractivity (Wildman–Crippen MR) is 127 cm³/mol. The van der Waals surface area contributed by atoms with Gasteiger partial charge in [0.1, 0.15) is 0 Å². The molecule has 0 aromatic heterocycles. The quantitative estimate of drug-likeness (QED) is 0.564. The van der Waals surface area contributed by atoms with E-state index in [4.69, 9.17) is 0 Å². The summed E-state index contributed by atoms with van der Waals surface area (Å²) < 4.78 is 0. The van der Waals surface area contributed by atoms with Crippen LogP contribution in [-0.2, 0) is 16.0 Å². The van der Waals surface area contributed by atoms with Gasteiger partial charge < -0.3 is 10.4 Å². The van der Waals surface area contributed by atoms with Gasteiger partial charge in [0.25, 0.3) is 0 Å². The molecule has 1 aromatic carbocycles. The van der Waals surface area contributed by atoms with Gasteiger partial charge in [0.05, 0.1) is 5.70 Å². The predicted octanol–water partition coefficient (Wildman–Crippen LogP) is 5.69. The molecule has 1 aromatic rings. The van der Waals surface area contributed by atoms with Crippen molar-refractivity contribution in [3.8, 4) is 0 Å². The van der Waals surface area contributed by atoms with Gasteiger partial charge in [-0.25, -0.2) is 0 Å². The fourth-order valence-electron chi connectivity index (χ4n) is 6.69. The van der Waals surface area contributed by atoms with Crippen LogP contribution in [0.25, 0.3) is 0 Å². The van der Waals surface area contributed by atoms with Crippen molar-refractivity contribution in [1.82, 2.24) is 5.32 Å². The Morgan fingerprint density at radius 3 is 2.56 bits per heavy atom. The molecule has 0 bridgehead atoms. The number of nitrogens with one attached hydrogen (secondary N) is 1. The fraction of sp³-hybridized carbons (Fsp3) is 0.571. The van der Waals surface area contributed by atoms with Crippen molar-refractivity contribution in [1.29, 1.82) is 0 Å². The van der Waals surface area contributed by atoms with E-state index in [2.05, 4.69) is 26.1 Å². The van der Waals surface area contributed by atoms with Gasteiger partial charge in [-0.05, 0) is 66.8 Å². The molecular weight excluding hydrogens is 398 g/mol. The molecule has 4 atom stereocenters. The number of benzene rings is 1. The van der Waals surface area contributed by atoms with E-state index >= 15 is 0 Å². The second-order valence-electron chi connectivity index (χ2n) is 10.8. The number of carbonyl (C=O) groups excluding carboxylic acids is 2. The Balaban J connectivity index is 1.52. The normalized spacial score (nSPS) is 33.0. The highest BCUT2D eigenvalue weighted by molar-refractivity contribution is 6.21. The molecule has 4 rings (SSSR count). The first-order valence-electron chi connectivity index (χ1n) is 12.3. The maximum atomic E-state index is 13.4. The van der Waals surface area contributed by atoms with Crippen molar-refractivity contribution >= 4 is 11.6 Å². The largest absolute Gasteiger partial charge is 0.504 e. The van der Waals surface area contributed by atoms with Gasteiger partial charge >= 0.3 is 0 Å². The molecule has 4 unspecified atom stereocenters. The van der Waals surface area contributed by atoms with Crippen LogP contribution in [0.15, 0.2) is 53.4 Å². The zero-order valence-corrected chi connectivity index (χ0v) is 19.7.